The molecule has 0 bridgehead atoms. The van der Waals surface area contributed by atoms with Gasteiger partial charge in [0.1, 0.15) is 5.75 Å². The molecule has 2 rings (SSSR count). The van der Waals surface area contributed by atoms with Crippen LogP contribution in [0.4, 0.5) is 0 Å². The average molecular weight is 247 g/mol. The molecule has 0 aromatic heterocycles. The zero-order valence-electron chi connectivity index (χ0n) is 11.9. The summed E-state index contributed by atoms with van der Waals surface area (Å²) in [6.45, 7) is 5.43. The molecule has 0 unspecified atom stereocenters. The van der Waals surface area contributed by atoms with Crippen LogP contribution in [0.2, 0.25) is 0 Å². The van der Waals surface area contributed by atoms with Gasteiger partial charge in [-0.15, -0.1) is 0 Å². The highest BCUT2D eigenvalue weighted by Gasteiger charge is 2.25. The van der Waals surface area contributed by atoms with Gasteiger partial charge in [-0.1, -0.05) is 31.4 Å². The Morgan fingerprint density at radius 2 is 1.94 bits per heavy atom. The molecule has 1 fully saturated rings. The first-order chi connectivity index (χ1) is 8.63. The Balaban J connectivity index is 1.95. The van der Waals surface area contributed by atoms with Crippen LogP contribution in [0, 0.1) is 6.92 Å². The number of nitrogens with one attached hydrogen (secondary N) is 1. The maximum Gasteiger partial charge on any atom is 0.121 e. The van der Waals surface area contributed by atoms with Crippen LogP contribution in [-0.4, -0.2) is 12.6 Å². The van der Waals surface area contributed by atoms with Crippen LogP contribution >= 0.6 is 0 Å². The van der Waals surface area contributed by atoms with Crippen molar-refractivity contribution in [2.45, 2.75) is 58.0 Å². The molecule has 0 amide bonds. The molecule has 18 heavy (non-hydrogen) atoms. The van der Waals surface area contributed by atoms with Gasteiger partial charge in [-0.25, -0.2) is 0 Å². The first-order valence-corrected chi connectivity index (χ1v) is 7.01. The summed E-state index contributed by atoms with van der Waals surface area (Å²) in [5.74, 6) is 0.975. The van der Waals surface area contributed by atoms with Crippen molar-refractivity contribution in [2.24, 2.45) is 0 Å². The highest BCUT2D eigenvalue weighted by Crippen LogP contribution is 2.28. The largest absolute Gasteiger partial charge is 0.496 e. The summed E-state index contributed by atoms with van der Waals surface area (Å²) in [5.41, 5.74) is 2.90. The van der Waals surface area contributed by atoms with E-state index in [4.69, 9.17) is 4.74 Å². The van der Waals surface area contributed by atoms with Crippen LogP contribution in [-0.2, 0) is 6.54 Å². The third kappa shape index (κ3) is 3.26. The number of hydrogen-bond acceptors (Lipinski definition) is 2. The minimum absolute atomic E-state index is 0.339. The number of aryl methyl sites for hydroxylation is 1. The van der Waals surface area contributed by atoms with E-state index in [1.165, 1.54) is 43.2 Å². The van der Waals surface area contributed by atoms with E-state index in [1.807, 2.05) is 0 Å². The molecule has 1 N–H and O–H groups in total. The van der Waals surface area contributed by atoms with Crippen molar-refractivity contribution in [3.05, 3.63) is 29.3 Å². The number of rotatable bonds is 4. The first kappa shape index (κ1) is 13.4. The zero-order chi connectivity index (χ0) is 13.0. The Hall–Kier alpha value is -1.02. The molecule has 1 aromatic carbocycles. The zero-order valence-corrected chi connectivity index (χ0v) is 11.9. The first-order valence-electron chi connectivity index (χ1n) is 7.01. The van der Waals surface area contributed by atoms with Gasteiger partial charge in [-0.05, 0) is 43.9 Å². The predicted molar refractivity (Wildman–Crippen MR) is 76.1 cm³/mol. The second kappa shape index (κ2) is 5.75. The SMILES string of the molecule is COc1ccc(CNC2(C)CCCCC2)cc1C. The van der Waals surface area contributed by atoms with Crippen molar-refractivity contribution >= 4 is 0 Å². The third-order valence-corrected chi connectivity index (χ3v) is 4.14. The summed E-state index contributed by atoms with van der Waals surface area (Å²) in [6.07, 6.45) is 6.75. The van der Waals surface area contributed by atoms with Gasteiger partial charge in [0.25, 0.3) is 0 Å². The molecule has 2 nitrogen and oxygen atoms in total. The number of benzene rings is 1. The van der Waals surface area contributed by atoms with Crippen molar-refractivity contribution in [1.82, 2.24) is 5.32 Å². The molecule has 2 heteroatoms. The molecule has 0 atom stereocenters. The molecule has 0 spiro atoms. The highest BCUT2D eigenvalue weighted by atomic mass is 16.5. The van der Waals surface area contributed by atoms with E-state index in [1.54, 1.807) is 7.11 Å². The Morgan fingerprint density at radius 1 is 1.22 bits per heavy atom. The lowest BCUT2D eigenvalue weighted by molar-refractivity contribution is 0.252. The molecule has 0 radical (unpaired) electrons. The molecular weight excluding hydrogens is 222 g/mol. The van der Waals surface area contributed by atoms with Gasteiger partial charge in [-0.2, -0.15) is 0 Å². The van der Waals surface area contributed by atoms with Crippen LogP contribution in [0.3, 0.4) is 0 Å². The molecule has 1 aliphatic rings. The smallest absolute Gasteiger partial charge is 0.121 e. The minimum Gasteiger partial charge on any atom is -0.496 e. The topological polar surface area (TPSA) is 21.3 Å². The van der Waals surface area contributed by atoms with Crippen LogP contribution in [0.25, 0.3) is 0 Å². The summed E-state index contributed by atoms with van der Waals surface area (Å²) in [7, 11) is 1.73. The van der Waals surface area contributed by atoms with Gasteiger partial charge < -0.3 is 10.1 Å². The minimum atomic E-state index is 0.339. The highest BCUT2D eigenvalue weighted by molar-refractivity contribution is 5.36. The Bertz CT molecular complexity index is 394. The molecule has 0 aliphatic heterocycles. The van der Waals surface area contributed by atoms with E-state index in [-0.39, 0.29) is 0 Å². The molecular formula is C16H25NO. The standard InChI is InChI=1S/C16H25NO/c1-13-11-14(7-8-15(13)18-3)12-17-16(2)9-5-4-6-10-16/h7-8,11,17H,4-6,9-10,12H2,1-3H3. The van der Waals surface area contributed by atoms with Crippen molar-refractivity contribution in [1.29, 1.82) is 0 Å². The number of methoxy groups -OCH3 is 1. The summed E-state index contributed by atoms with van der Waals surface area (Å²) in [4.78, 5) is 0. The van der Waals surface area contributed by atoms with Crippen LogP contribution in [0.1, 0.15) is 50.2 Å². The number of ether oxygens (including phenoxy) is 1. The van der Waals surface area contributed by atoms with E-state index in [2.05, 4.69) is 37.4 Å². The van der Waals surface area contributed by atoms with E-state index in [9.17, 15) is 0 Å². The number of hydrogen-bond donors (Lipinski definition) is 1. The van der Waals surface area contributed by atoms with Gasteiger partial charge in [0.15, 0.2) is 0 Å². The fraction of sp³-hybridized carbons (Fsp3) is 0.625. The van der Waals surface area contributed by atoms with Crippen LogP contribution < -0.4 is 10.1 Å². The van der Waals surface area contributed by atoms with E-state index in [0.29, 0.717) is 5.54 Å². The third-order valence-electron chi connectivity index (χ3n) is 4.14. The second-order valence-corrected chi connectivity index (χ2v) is 5.78. The lowest BCUT2D eigenvalue weighted by Gasteiger charge is -2.35. The van der Waals surface area contributed by atoms with Gasteiger partial charge in [0.2, 0.25) is 0 Å². The van der Waals surface area contributed by atoms with Crippen molar-refractivity contribution in [3.63, 3.8) is 0 Å². The molecule has 0 saturated heterocycles. The van der Waals surface area contributed by atoms with E-state index in [0.717, 1.165) is 12.3 Å². The van der Waals surface area contributed by atoms with E-state index < -0.39 is 0 Å². The van der Waals surface area contributed by atoms with Crippen molar-refractivity contribution < 1.29 is 4.74 Å². The predicted octanol–water partition coefficient (Wildman–Crippen LogP) is 3.82. The normalized spacial score (nSPS) is 18.6. The Labute approximate surface area is 111 Å². The summed E-state index contributed by atoms with van der Waals surface area (Å²) < 4.78 is 5.29. The van der Waals surface area contributed by atoms with Crippen LogP contribution in [0.15, 0.2) is 18.2 Å². The molecule has 100 valence electrons. The van der Waals surface area contributed by atoms with Crippen molar-refractivity contribution in [3.8, 4) is 5.75 Å². The van der Waals surface area contributed by atoms with E-state index >= 15 is 0 Å². The lowest BCUT2D eigenvalue weighted by atomic mass is 9.83. The van der Waals surface area contributed by atoms with Gasteiger partial charge in [-0.3, -0.25) is 0 Å². The van der Waals surface area contributed by atoms with Gasteiger partial charge in [0.05, 0.1) is 7.11 Å². The lowest BCUT2D eigenvalue weighted by Crippen LogP contribution is -2.43. The van der Waals surface area contributed by atoms with Crippen molar-refractivity contribution in [2.75, 3.05) is 7.11 Å². The summed E-state index contributed by atoms with van der Waals surface area (Å²) >= 11 is 0. The fourth-order valence-corrected chi connectivity index (χ4v) is 2.87. The molecule has 1 saturated carbocycles. The monoisotopic (exact) mass is 247 g/mol. The average Bonchev–Trinajstić information content (AvgIpc) is 2.38. The Morgan fingerprint density at radius 3 is 2.56 bits per heavy atom. The van der Waals surface area contributed by atoms with Gasteiger partial charge >= 0.3 is 0 Å². The fourth-order valence-electron chi connectivity index (χ4n) is 2.87. The second-order valence-electron chi connectivity index (χ2n) is 5.78. The van der Waals surface area contributed by atoms with Gasteiger partial charge in [0, 0.05) is 12.1 Å². The maximum absolute atomic E-state index is 5.29. The summed E-state index contributed by atoms with van der Waals surface area (Å²) in [6, 6.07) is 6.44. The molecule has 1 aliphatic carbocycles. The maximum atomic E-state index is 5.29. The quantitative estimate of drug-likeness (QED) is 0.873. The Kier molecular flexibility index (Phi) is 4.28. The van der Waals surface area contributed by atoms with Crippen LogP contribution in [0.5, 0.6) is 5.75 Å². The summed E-state index contributed by atoms with van der Waals surface area (Å²) in [5, 5.41) is 3.74. The molecule has 1 aromatic rings. The molecule has 0 heterocycles.